The minimum absolute atomic E-state index is 0. The number of carbonyl (C=O) groups is 1. The fourth-order valence-corrected chi connectivity index (χ4v) is 5.82. The molecule has 0 spiro atoms. The van der Waals surface area contributed by atoms with Gasteiger partial charge in [-0.05, 0) is 43.2 Å². The van der Waals surface area contributed by atoms with Crippen LogP contribution in [-0.2, 0) is 21.2 Å². The van der Waals surface area contributed by atoms with Crippen molar-refractivity contribution in [1.29, 1.82) is 5.41 Å². The van der Waals surface area contributed by atoms with Crippen LogP contribution in [0.3, 0.4) is 0 Å². The first-order chi connectivity index (χ1) is 17.7. The van der Waals surface area contributed by atoms with Crippen molar-refractivity contribution >= 4 is 51.4 Å². The SMILES string of the molecule is CCC[N+]1(C(=O)OCC)c2cc(NS(=O)(=O)c3ccccc3)ccc2NC1Cc1ccc(C(=N)N)cc1.Cl. The van der Waals surface area contributed by atoms with Crippen LogP contribution in [0.15, 0.2) is 77.7 Å². The van der Waals surface area contributed by atoms with Gasteiger partial charge in [0, 0.05) is 18.1 Å². The van der Waals surface area contributed by atoms with Gasteiger partial charge in [0.15, 0.2) is 11.9 Å². The van der Waals surface area contributed by atoms with Crippen molar-refractivity contribution in [3.8, 4) is 0 Å². The summed E-state index contributed by atoms with van der Waals surface area (Å²) in [6.45, 7) is 4.45. The van der Waals surface area contributed by atoms with Crippen molar-refractivity contribution in [2.75, 3.05) is 23.2 Å². The molecule has 1 heterocycles. The van der Waals surface area contributed by atoms with Gasteiger partial charge in [0.05, 0.1) is 23.7 Å². The van der Waals surface area contributed by atoms with Crippen molar-refractivity contribution in [2.24, 2.45) is 5.73 Å². The summed E-state index contributed by atoms with van der Waals surface area (Å²) in [5.74, 6) is -0.00827. The zero-order chi connectivity index (χ0) is 26.6. The fraction of sp³-hybridized carbons (Fsp3) is 0.259. The molecule has 11 heteroatoms. The average molecular weight is 559 g/mol. The Labute approximate surface area is 229 Å². The molecular formula is C27H33ClN5O4S+. The van der Waals surface area contributed by atoms with Crippen molar-refractivity contribution in [3.63, 3.8) is 0 Å². The third-order valence-corrected chi connectivity index (χ3v) is 7.85. The molecule has 3 aromatic rings. The molecule has 5 N–H and O–H groups in total. The van der Waals surface area contributed by atoms with Crippen LogP contribution in [0.25, 0.3) is 0 Å². The molecule has 0 fully saturated rings. The molecule has 0 saturated heterocycles. The number of carbonyl (C=O) groups excluding carboxylic acids is 1. The molecule has 0 saturated carbocycles. The molecule has 0 aromatic heterocycles. The van der Waals surface area contributed by atoms with E-state index in [1.165, 1.54) is 12.1 Å². The number of amides is 1. The number of hydrogen-bond acceptors (Lipinski definition) is 6. The average Bonchev–Trinajstić information content (AvgIpc) is 3.18. The van der Waals surface area contributed by atoms with Crippen LogP contribution in [0.4, 0.5) is 21.9 Å². The van der Waals surface area contributed by atoms with E-state index < -0.39 is 16.1 Å². The van der Waals surface area contributed by atoms with Crippen LogP contribution in [0.1, 0.15) is 31.4 Å². The van der Waals surface area contributed by atoms with Gasteiger partial charge in [0.1, 0.15) is 11.5 Å². The predicted molar refractivity (Wildman–Crippen MR) is 153 cm³/mol. The van der Waals surface area contributed by atoms with Gasteiger partial charge in [-0.1, -0.05) is 49.4 Å². The lowest BCUT2D eigenvalue weighted by molar-refractivity contribution is 0.0996. The second-order valence-electron chi connectivity index (χ2n) is 8.92. The molecule has 3 aromatic carbocycles. The van der Waals surface area contributed by atoms with E-state index in [0.717, 1.165) is 11.3 Å². The number of nitrogens with zero attached hydrogens (tertiary/aromatic N) is 1. The molecule has 0 aliphatic carbocycles. The molecule has 2 unspecified atom stereocenters. The number of quaternary nitrogens is 1. The normalized spacial score (nSPS) is 18.0. The van der Waals surface area contributed by atoms with Gasteiger partial charge in [-0.2, -0.15) is 9.28 Å². The molecule has 4 rings (SSSR count). The molecule has 0 radical (unpaired) electrons. The fourth-order valence-electron chi connectivity index (χ4n) is 4.75. The number of halogens is 1. The van der Waals surface area contributed by atoms with E-state index in [1.807, 2.05) is 19.1 Å². The number of sulfonamides is 1. The van der Waals surface area contributed by atoms with Crippen LogP contribution >= 0.6 is 12.4 Å². The molecule has 9 nitrogen and oxygen atoms in total. The van der Waals surface area contributed by atoms with E-state index in [4.69, 9.17) is 15.9 Å². The summed E-state index contributed by atoms with van der Waals surface area (Å²) < 4.78 is 34.0. The van der Waals surface area contributed by atoms with Gasteiger partial charge in [0.25, 0.3) is 10.0 Å². The Morgan fingerprint density at radius 1 is 1.08 bits per heavy atom. The summed E-state index contributed by atoms with van der Waals surface area (Å²) in [4.78, 5) is 13.8. The van der Waals surface area contributed by atoms with E-state index >= 15 is 0 Å². The number of rotatable bonds is 9. The number of nitrogen functional groups attached to an aromatic ring is 1. The van der Waals surface area contributed by atoms with Crippen LogP contribution in [0, 0.1) is 5.41 Å². The Morgan fingerprint density at radius 2 is 1.76 bits per heavy atom. The minimum Gasteiger partial charge on any atom is -0.420 e. The number of hydrogen-bond donors (Lipinski definition) is 4. The van der Waals surface area contributed by atoms with Gasteiger partial charge in [0.2, 0.25) is 0 Å². The van der Waals surface area contributed by atoms with E-state index in [0.29, 0.717) is 36.3 Å². The van der Waals surface area contributed by atoms with Crippen molar-refractivity contribution < 1.29 is 17.9 Å². The lowest BCUT2D eigenvalue weighted by Gasteiger charge is -2.35. The van der Waals surface area contributed by atoms with E-state index in [-0.39, 0.29) is 40.4 Å². The lowest BCUT2D eigenvalue weighted by atomic mass is 10.1. The van der Waals surface area contributed by atoms with Crippen LogP contribution in [0.2, 0.25) is 0 Å². The number of nitrogens with one attached hydrogen (secondary N) is 3. The van der Waals surface area contributed by atoms with Crippen molar-refractivity contribution in [1.82, 2.24) is 4.48 Å². The maximum atomic E-state index is 13.6. The number of anilines is 2. The highest BCUT2D eigenvalue weighted by atomic mass is 35.5. The zero-order valence-corrected chi connectivity index (χ0v) is 22.9. The number of ether oxygens (including phenoxy) is 1. The Kier molecular flexibility index (Phi) is 9.03. The molecule has 202 valence electrons. The van der Waals surface area contributed by atoms with Crippen LogP contribution < -0.4 is 20.3 Å². The molecule has 2 atom stereocenters. The smallest absolute Gasteiger partial charge is 0.420 e. The van der Waals surface area contributed by atoms with Gasteiger partial charge in [-0.25, -0.2) is 8.42 Å². The Bertz CT molecular complexity index is 1400. The van der Waals surface area contributed by atoms with Crippen LogP contribution in [-0.4, -0.2) is 39.7 Å². The maximum Gasteiger partial charge on any atom is 0.523 e. The summed E-state index contributed by atoms with van der Waals surface area (Å²) in [5.41, 5.74) is 8.94. The van der Waals surface area contributed by atoms with Gasteiger partial charge in [-0.3, -0.25) is 10.1 Å². The topological polar surface area (TPSA) is 134 Å². The summed E-state index contributed by atoms with van der Waals surface area (Å²) in [5, 5.41) is 11.1. The molecule has 38 heavy (non-hydrogen) atoms. The number of amidine groups is 1. The minimum atomic E-state index is -3.81. The van der Waals surface area contributed by atoms with Gasteiger partial charge < -0.3 is 15.8 Å². The zero-order valence-electron chi connectivity index (χ0n) is 21.3. The largest absolute Gasteiger partial charge is 0.523 e. The second-order valence-corrected chi connectivity index (χ2v) is 10.6. The van der Waals surface area contributed by atoms with E-state index in [2.05, 4.69) is 10.0 Å². The third kappa shape index (κ3) is 5.62. The van der Waals surface area contributed by atoms with E-state index in [9.17, 15) is 13.2 Å². The van der Waals surface area contributed by atoms with Gasteiger partial charge in [-0.15, -0.1) is 12.4 Å². The van der Waals surface area contributed by atoms with Crippen molar-refractivity contribution in [2.45, 2.75) is 37.8 Å². The molecule has 1 aliphatic rings. The highest BCUT2D eigenvalue weighted by Gasteiger charge is 2.54. The molecule has 0 bridgehead atoms. The van der Waals surface area contributed by atoms with Crippen LogP contribution in [0.5, 0.6) is 0 Å². The standard InChI is InChI=1S/C27H32N5O4S.ClH/c1-3-16-32(27(33)36-4-2)24-18-21(31-37(34,35)22-8-6-5-7-9-22)14-15-23(24)30-25(32)17-19-10-12-20(13-11-19)26(28)29;/h5-15,18,25,30-31H,3-4,16-17H2,1-2H3,(H3,28,29);1H/q+1;. The van der Waals surface area contributed by atoms with Crippen molar-refractivity contribution in [3.05, 3.63) is 83.9 Å². The Hall–Kier alpha value is -3.60. The number of fused-ring (bicyclic) bond motifs is 1. The third-order valence-electron chi connectivity index (χ3n) is 6.45. The summed E-state index contributed by atoms with van der Waals surface area (Å²) >= 11 is 0. The monoisotopic (exact) mass is 558 g/mol. The first kappa shape index (κ1) is 29.0. The molecule has 1 amide bonds. The number of nitrogens with two attached hydrogens (primary N) is 1. The quantitative estimate of drug-likeness (QED) is 0.165. The summed E-state index contributed by atoms with van der Waals surface area (Å²) in [6.07, 6.45) is 0.415. The highest BCUT2D eigenvalue weighted by Crippen LogP contribution is 2.45. The lowest BCUT2D eigenvalue weighted by Crippen LogP contribution is -2.61. The van der Waals surface area contributed by atoms with E-state index in [1.54, 1.807) is 55.5 Å². The molecular weight excluding hydrogens is 526 g/mol. The second kappa shape index (κ2) is 11.8. The Morgan fingerprint density at radius 3 is 2.37 bits per heavy atom. The Balaban J connectivity index is 0.00000400. The maximum absolute atomic E-state index is 13.6. The summed E-state index contributed by atoms with van der Waals surface area (Å²) in [6, 6.07) is 20.7. The molecule has 1 aliphatic heterocycles. The summed E-state index contributed by atoms with van der Waals surface area (Å²) in [7, 11) is -3.81. The first-order valence-corrected chi connectivity index (χ1v) is 13.7. The predicted octanol–water partition coefficient (Wildman–Crippen LogP) is 5.06. The number of benzene rings is 3. The first-order valence-electron chi connectivity index (χ1n) is 12.2. The highest BCUT2D eigenvalue weighted by molar-refractivity contribution is 7.92. The van der Waals surface area contributed by atoms with Gasteiger partial charge >= 0.3 is 6.09 Å².